The molecule has 186 valence electrons. The van der Waals surface area contributed by atoms with Crippen LogP contribution >= 0.6 is 0 Å². The fourth-order valence-corrected chi connectivity index (χ4v) is 4.68. The number of hydrogen-bond donors (Lipinski definition) is 1. The first-order valence-electron chi connectivity index (χ1n) is 12.0. The van der Waals surface area contributed by atoms with E-state index in [4.69, 9.17) is 18.6 Å². The molecule has 10 heteroatoms. The van der Waals surface area contributed by atoms with Crippen molar-refractivity contribution in [1.82, 2.24) is 25.0 Å². The Labute approximate surface area is 204 Å². The highest BCUT2D eigenvalue weighted by molar-refractivity contribution is 5.91. The lowest BCUT2D eigenvalue weighted by Crippen LogP contribution is -2.32. The summed E-state index contributed by atoms with van der Waals surface area (Å²) in [6.45, 7) is 6.85. The van der Waals surface area contributed by atoms with Gasteiger partial charge in [0.15, 0.2) is 23.1 Å². The number of fused-ring (bicyclic) bond motifs is 2. The summed E-state index contributed by atoms with van der Waals surface area (Å²) in [5.74, 6) is 4.46. The third-order valence-corrected chi connectivity index (χ3v) is 6.37. The molecule has 2 aliphatic heterocycles. The van der Waals surface area contributed by atoms with Crippen LogP contribution in [0.15, 0.2) is 34.7 Å². The number of methoxy groups -OCH3 is 1. The van der Waals surface area contributed by atoms with Gasteiger partial charge in [0.25, 0.3) is 5.91 Å². The van der Waals surface area contributed by atoms with E-state index in [-0.39, 0.29) is 11.7 Å². The molecule has 3 aromatic rings. The van der Waals surface area contributed by atoms with Gasteiger partial charge in [-0.2, -0.15) is 0 Å². The fraction of sp³-hybridized carbons (Fsp3) is 0.480. The Bertz CT molecular complexity index is 1170. The highest BCUT2D eigenvalue weighted by Crippen LogP contribution is 2.33. The van der Waals surface area contributed by atoms with E-state index in [1.54, 1.807) is 19.2 Å². The zero-order valence-electron chi connectivity index (χ0n) is 20.2. The summed E-state index contributed by atoms with van der Waals surface area (Å²) < 4.78 is 23.6. The van der Waals surface area contributed by atoms with Crippen molar-refractivity contribution in [1.29, 1.82) is 0 Å². The Morgan fingerprint density at radius 3 is 2.91 bits per heavy atom. The largest absolute Gasteiger partial charge is 0.454 e. The van der Waals surface area contributed by atoms with Crippen molar-refractivity contribution in [2.75, 3.05) is 33.5 Å². The number of aromatic nitrogens is 3. The van der Waals surface area contributed by atoms with E-state index in [1.165, 1.54) is 5.56 Å². The van der Waals surface area contributed by atoms with Crippen LogP contribution in [0.3, 0.4) is 0 Å². The summed E-state index contributed by atoms with van der Waals surface area (Å²) in [7, 11) is 1.58. The first-order valence-corrected chi connectivity index (χ1v) is 12.0. The van der Waals surface area contributed by atoms with Gasteiger partial charge in [-0.05, 0) is 42.2 Å². The molecule has 5 rings (SSSR count). The standard InChI is InChI=1S/C25H31N5O5/c1-17(11-18-3-5-20-22(12-18)34-16-33-20)14-29-8-7-23-27-28-24(30(23)10-9-29)13-26-25(31)21-6-4-19(35-21)15-32-2/h3-6,12,17H,7-11,13-16H2,1-2H3,(H,26,31)/t17-/m1/s1. The maximum absolute atomic E-state index is 12.5. The molecule has 0 radical (unpaired) electrons. The first-order chi connectivity index (χ1) is 17.1. The minimum atomic E-state index is -0.280. The topological polar surface area (TPSA) is 104 Å². The van der Waals surface area contributed by atoms with Crippen molar-refractivity contribution in [2.24, 2.45) is 5.92 Å². The van der Waals surface area contributed by atoms with E-state index in [0.717, 1.165) is 62.2 Å². The van der Waals surface area contributed by atoms with Gasteiger partial charge in [0.2, 0.25) is 6.79 Å². The monoisotopic (exact) mass is 481 g/mol. The second-order valence-electron chi connectivity index (χ2n) is 9.11. The van der Waals surface area contributed by atoms with Gasteiger partial charge in [0.05, 0.1) is 6.54 Å². The van der Waals surface area contributed by atoms with Crippen LogP contribution in [0.5, 0.6) is 11.5 Å². The number of ether oxygens (including phenoxy) is 3. The van der Waals surface area contributed by atoms with Crippen molar-refractivity contribution in [3.05, 3.63) is 59.1 Å². The average Bonchev–Trinajstić information content (AvgIpc) is 3.57. The zero-order chi connectivity index (χ0) is 24.2. The van der Waals surface area contributed by atoms with Crippen LogP contribution in [-0.4, -0.2) is 59.1 Å². The molecule has 0 fully saturated rings. The van der Waals surface area contributed by atoms with E-state index >= 15 is 0 Å². The molecule has 4 heterocycles. The van der Waals surface area contributed by atoms with Crippen LogP contribution < -0.4 is 14.8 Å². The zero-order valence-corrected chi connectivity index (χ0v) is 20.2. The van der Waals surface area contributed by atoms with Gasteiger partial charge < -0.3 is 33.4 Å². The van der Waals surface area contributed by atoms with E-state index in [1.807, 2.05) is 6.07 Å². The molecule has 1 atom stereocenters. The Morgan fingerprint density at radius 2 is 2.03 bits per heavy atom. The lowest BCUT2D eigenvalue weighted by atomic mass is 10.00. The minimum Gasteiger partial charge on any atom is -0.454 e. The smallest absolute Gasteiger partial charge is 0.287 e. The first kappa shape index (κ1) is 23.4. The van der Waals surface area contributed by atoms with Gasteiger partial charge in [-0.15, -0.1) is 10.2 Å². The molecule has 1 N–H and O–H groups in total. The molecule has 35 heavy (non-hydrogen) atoms. The predicted molar refractivity (Wildman–Crippen MR) is 126 cm³/mol. The fourth-order valence-electron chi connectivity index (χ4n) is 4.68. The van der Waals surface area contributed by atoms with Gasteiger partial charge in [-0.3, -0.25) is 4.79 Å². The predicted octanol–water partition coefficient (Wildman–Crippen LogP) is 2.41. The van der Waals surface area contributed by atoms with E-state index in [9.17, 15) is 4.79 Å². The van der Waals surface area contributed by atoms with Crippen LogP contribution in [0.4, 0.5) is 0 Å². The minimum absolute atomic E-state index is 0.260. The number of amides is 1. The summed E-state index contributed by atoms with van der Waals surface area (Å²) in [6.07, 6.45) is 1.81. The third-order valence-electron chi connectivity index (χ3n) is 6.37. The summed E-state index contributed by atoms with van der Waals surface area (Å²) in [6, 6.07) is 9.59. The Hall–Kier alpha value is -3.37. The van der Waals surface area contributed by atoms with E-state index in [0.29, 0.717) is 31.6 Å². The molecular weight excluding hydrogens is 450 g/mol. The van der Waals surface area contributed by atoms with Crippen LogP contribution in [0, 0.1) is 5.92 Å². The van der Waals surface area contributed by atoms with Gasteiger partial charge >= 0.3 is 0 Å². The highest BCUT2D eigenvalue weighted by atomic mass is 16.7. The molecule has 0 aliphatic carbocycles. The summed E-state index contributed by atoms with van der Waals surface area (Å²) in [5, 5.41) is 11.6. The van der Waals surface area contributed by atoms with Gasteiger partial charge in [-0.25, -0.2) is 0 Å². The number of nitrogens with one attached hydrogen (secondary N) is 1. The van der Waals surface area contributed by atoms with Crippen LogP contribution in [0.2, 0.25) is 0 Å². The molecule has 10 nitrogen and oxygen atoms in total. The number of benzene rings is 1. The lowest BCUT2D eigenvalue weighted by molar-refractivity contribution is 0.0912. The second kappa shape index (κ2) is 10.5. The maximum Gasteiger partial charge on any atom is 0.287 e. The third kappa shape index (κ3) is 5.49. The van der Waals surface area contributed by atoms with Crippen LogP contribution in [-0.2, 0) is 37.3 Å². The SMILES string of the molecule is COCc1ccc(C(=O)NCc2nnc3n2CCN(C[C@H](C)Cc2ccc4c(c2)OCO4)CC3)o1. The molecule has 0 saturated heterocycles. The number of furan rings is 1. The van der Waals surface area contributed by atoms with Crippen molar-refractivity contribution < 1.29 is 23.4 Å². The summed E-state index contributed by atoms with van der Waals surface area (Å²) >= 11 is 0. The Morgan fingerprint density at radius 1 is 1.14 bits per heavy atom. The van der Waals surface area contributed by atoms with Crippen LogP contribution in [0.1, 0.15) is 40.5 Å². The quantitative estimate of drug-likeness (QED) is 0.497. The van der Waals surface area contributed by atoms with E-state index < -0.39 is 0 Å². The molecule has 2 aromatic heterocycles. The Kier molecular flexibility index (Phi) is 7.01. The van der Waals surface area contributed by atoms with Gasteiger partial charge in [0.1, 0.15) is 18.2 Å². The molecule has 0 bridgehead atoms. The average molecular weight is 482 g/mol. The number of nitrogens with zero attached hydrogens (tertiary/aromatic N) is 4. The van der Waals surface area contributed by atoms with Gasteiger partial charge in [-0.1, -0.05) is 13.0 Å². The molecule has 1 amide bonds. The second-order valence-corrected chi connectivity index (χ2v) is 9.11. The Balaban J connectivity index is 1.12. The molecular formula is C25H31N5O5. The summed E-state index contributed by atoms with van der Waals surface area (Å²) in [5.41, 5.74) is 1.26. The normalized spacial score (nSPS) is 16.1. The van der Waals surface area contributed by atoms with Crippen molar-refractivity contribution in [2.45, 2.75) is 39.5 Å². The molecule has 1 aromatic carbocycles. The van der Waals surface area contributed by atoms with Crippen molar-refractivity contribution in [3.63, 3.8) is 0 Å². The molecule has 0 unspecified atom stereocenters. The van der Waals surface area contributed by atoms with Crippen molar-refractivity contribution in [3.8, 4) is 11.5 Å². The van der Waals surface area contributed by atoms with Crippen LogP contribution in [0.25, 0.3) is 0 Å². The number of carbonyl (C=O) groups is 1. The number of rotatable bonds is 9. The molecule has 0 spiro atoms. The lowest BCUT2D eigenvalue weighted by Gasteiger charge is -2.24. The molecule has 2 aliphatic rings. The number of hydrogen-bond acceptors (Lipinski definition) is 8. The summed E-state index contributed by atoms with van der Waals surface area (Å²) in [4.78, 5) is 14.9. The highest BCUT2D eigenvalue weighted by Gasteiger charge is 2.21. The molecule has 0 saturated carbocycles. The maximum atomic E-state index is 12.5. The van der Waals surface area contributed by atoms with Gasteiger partial charge in [0, 0.05) is 39.7 Å². The van der Waals surface area contributed by atoms with Crippen molar-refractivity contribution >= 4 is 5.91 Å². The number of carbonyl (C=O) groups excluding carboxylic acids is 1. The van der Waals surface area contributed by atoms with E-state index in [2.05, 4.69) is 44.0 Å².